The zero-order valence-electron chi connectivity index (χ0n) is 11.8. The summed E-state index contributed by atoms with van der Waals surface area (Å²) in [6.07, 6.45) is 3.53. The lowest BCUT2D eigenvalue weighted by atomic mass is 10.0. The van der Waals surface area contributed by atoms with Crippen LogP contribution in [0.1, 0.15) is 35.0 Å². The molecule has 1 amide bonds. The molecule has 0 aliphatic carbocycles. The summed E-state index contributed by atoms with van der Waals surface area (Å²) in [5, 5.41) is 3.42. The van der Waals surface area contributed by atoms with Gasteiger partial charge in [0.1, 0.15) is 5.76 Å². The van der Waals surface area contributed by atoms with Gasteiger partial charge in [0.2, 0.25) is 5.91 Å². The second-order valence-electron chi connectivity index (χ2n) is 5.01. The van der Waals surface area contributed by atoms with E-state index in [1.165, 1.54) is 0 Å². The smallest absolute Gasteiger partial charge is 0.249 e. The first-order valence-corrected chi connectivity index (χ1v) is 6.76. The Bertz CT molecular complexity index is 576. The van der Waals surface area contributed by atoms with Crippen LogP contribution in [-0.2, 0) is 6.42 Å². The number of rotatable bonds is 6. The number of hydrogen-bond donors (Lipinski definition) is 2. The number of nitrogens with one attached hydrogen (secondary N) is 1. The van der Waals surface area contributed by atoms with Gasteiger partial charge in [0.05, 0.1) is 6.26 Å². The van der Waals surface area contributed by atoms with Gasteiger partial charge in [0, 0.05) is 23.7 Å². The number of nitrogens with two attached hydrogens (primary N) is 1. The molecule has 106 valence electrons. The molecule has 4 heteroatoms. The van der Waals surface area contributed by atoms with Gasteiger partial charge in [0.25, 0.3) is 0 Å². The molecule has 0 saturated carbocycles. The van der Waals surface area contributed by atoms with Crippen LogP contribution in [0.4, 0.5) is 5.69 Å². The van der Waals surface area contributed by atoms with Crippen molar-refractivity contribution in [3.8, 4) is 0 Å². The molecule has 0 aliphatic rings. The normalized spacial score (nSPS) is 12.1. The van der Waals surface area contributed by atoms with Gasteiger partial charge in [-0.15, -0.1) is 0 Å². The van der Waals surface area contributed by atoms with E-state index in [2.05, 4.69) is 12.2 Å². The van der Waals surface area contributed by atoms with Crippen molar-refractivity contribution in [1.82, 2.24) is 0 Å². The minimum absolute atomic E-state index is 0.280. The zero-order chi connectivity index (χ0) is 14.5. The van der Waals surface area contributed by atoms with Crippen molar-refractivity contribution in [3.05, 3.63) is 53.5 Å². The number of hydrogen-bond acceptors (Lipinski definition) is 3. The number of carbonyl (C=O) groups excluding carboxylic acids is 1. The van der Waals surface area contributed by atoms with E-state index in [-0.39, 0.29) is 6.04 Å². The minimum atomic E-state index is -0.394. The first-order valence-electron chi connectivity index (χ1n) is 6.76. The Morgan fingerprint density at radius 3 is 2.80 bits per heavy atom. The fourth-order valence-electron chi connectivity index (χ4n) is 2.21. The zero-order valence-corrected chi connectivity index (χ0v) is 11.8. The van der Waals surface area contributed by atoms with Crippen LogP contribution in [0.15, 0.2) is 41.0 Å². The number of anilines is 1. The van der Waals surface area contributed by atoms with E-state index in [0.717, 1.165) is 29.9 Å². The van der Waals surface area contributed by atoms with Crippen molar-refractivity contribution < 1.29 is 9.21 Å². The predicted octanol–water partition coefficient (Wildman–Crippen LogP) is 3.12. The van der Waals surface area contributed by atoms with Gasteiger partial charge in [-0.1, -0.05) is 6.07 Å². The number of benzene rings is 1. The molecule has 0 aliphatic heterocycles. The Morgan fingerprint density at radius 1 is 1.35 bits per heavy atom. The Morgan fingerprint density at radius 2 is 2.15 bits per heavy atom. The van der Waals surface area contributed by atoms with Crippen molar-refractivity contribution >= 4 is 11.6 Å². The number of furan rings is 1. The average molecular weight is 272 g/mol. The molecule has 0 saturated heterocycles. The third-order valence-electron chi connectivity index (χ3n) is 3.41. The molecule has 2 aromatic rings. The number of primary amides is 1. The lowest BCUT2D eigenvalue weighted by Crippen LogP contribution is -2.19. The third-order valence-corrected chi connectivity index (χ3v) is 3.41. The van der Waals surface area contributed by atoms with Gasteiger partial charge in [-0.3, -0.25) is 4.79 Å². The Balaban J connectivity index is 1.99. The molecule has 2 rings (SSSR count). The minimum Gasteiger partial charge on any atom is -0.469 e. The highest BCUT2D eigenvalue weighted by Crippen LogP contribution is 2.20. The molecule has 1 unspecified atom stereocenters. The maximum atomic E-state index is 11.3. The van der Waals surface area contributed by atoms with Crippen LogP contribution in [0, 0.1) is 6.92 Å². The summed E-state index contributed by atoms with van der Waals surface area (Å²) >= 11 is 0. The van der Waals surface area contributed by atoms with E-state index < -0.39 is 5.91 Å². The summed E-state index contributed by atoms with van der Waals surface area (Å²) in [7, 11) is 0. The number of amides is 1. The molecule has 3 N–H and O–H groups in total. The maximum Gasteiger partial charge on any atom is 0.249 e. The fourth-order valence-corrected chi connectivity index (χ4v) is 2.21. The van der Waals surface area contributed by atoms with Gasteiger partial charge in [-0.2, -0.15) is 0 Å². The van der Waals surface area contributed by atoms with Crippen LogP contribution in [0.2, 0.25) is 0 Å². The molecule has 0 fully saturated rings. The molecule has 1 atom stereocenters. The largest absolute Gasteiger partial charge is 0.469 e. The summed E-state index contributed by atoms with van der Waals surface area (Å²) in [5.74, 6) is 0.593. The van der Waals surface area contributed by atoms with E-state index in [1.807, 2.05) is 31.2 Å². The van der Waals surface area contributed by atoms with Crippen LogP contribution in [0.25, 0.3) is 0 Å². The van der Waals surface area contributed by atoms with Gasteiger partial charge < -0.3 is 15.5 Å². The highest BCUT2D eigenvalue weighted by atomic mass is 16.3. The summed E-state index contributed by atoms with van der Waals surface area (Å²) in [4.78, 5) is 11.3. The maximum absolute atomic E-state index is 11.3. The van der Waals surface area contributed by atoms with Crippen LogP contribution in [0.5, 0.6) is 0 Å². The van der Waals surface area contributed by atoms with Crippen molar-refractivity contribution in [2.24, 2.45) is 5.73 Å². The van der Waals surface area contributed by atoms with Crippen LogP contribution < -0.4 is 11.1 Å². The van der Waals surface area contributed by atoms with Gasteiger partial charge in [0.15, 0.2) is 0 Å². The number of aryl methyl sites for hydroxylation is 1. The van der Waals surface area contributed by atoms with E-state index in [4.69, 9.17) is 10.2 Å². The van der Waals surface area contributed by atoms with E-state index >= 15 is 0 Å². The van der Waals surface area contributed by atoms with Crippen molar-refractivity contribution in [3.63, 3.8) is 0 Å². The quantitative estimate of drug-likeness (QED) is 0.849. The second kappa shape index (κ2) is 6.28. The van der Waals surface area contributed by atoms with Gasteiger partial charge in [-0.25, -0.2) is 0 Å². The molecular weight excluding hydrogens is 252 g/mol. The molecule has 20 heavy (non-hydrogen) atoms. The van der Waals surface area contributed by atoms with E-state index in [1.54, 1.807) is 12.3 Å². The standard InChI is InChI=1S/C16H20N2O2/c1-11(8-9-13-5-4-10-20-13)18-15-7-3-6-14(12(15)2)16(17)19/h3-7,10-11,18H,8-9H2,1-2H3,(H2,17,19). The van der Waals surface area contributed by atoms with Crippen LogP contribution in [0.3, 0.4) is 0 Å². The fraction of sp³-hybridized carbons (Fsp3) is 0.312. The van der Waals surface area contributed by atoms with Crippen molar-refractivity contribution in [1.29, 1.82) is 0 Å². The molecule has 0 radical (unpaired) electrons. The SMILES string of the molecule is Cc1c(NC(C)CCc2ccco2)cccc1C(N)=O. The summed E-state index contributed by atoms with van der Waals surface area (Å²) in [6.45, 7) is 4.01. The Labute approximate surface area is 119 Å². The number of carbonyl (C=O) groups is 1. The summed E-state index contributed by atoms with van der Waals surface area (Å²) in [6, 6.07) is 9.71. The summed E-state index contributed by atoms with van der Waals surface area (Å²) < 4.78 is 5.32. The first kappa shape index (κ1) is 14.2. The lowest BCUT2D eigenvalue weighted by molar-refractivity contribution is 0.1000. The molecule has 0 spiro atoms. The summed E-state index contributed by atoms with van der Waals surface area (Å²) in [5.41, 5.74) is 7.77. The van der Waals surface area contributed by atoms with Gasteiger partial charge >= 0.3 is 0 Å². The van der Waals surface area contributed by atoms with E-state index in [0.29, 0.717) is 5.56 Å². The average Bonchev–Trinajstić information content (AvgIpc) is 2.91. The second-order valence-corrected chi connectivity index (χ2v) is 5.01. The highest BCUT2D eigenvalue weighted by molar-refractivity contribution is 5.95. The van der Waals surface area contributed by atoms with Crippen molar-refractivity contribution in [2.45, 2.75) is 32.7 Å². The molecule has 1 aromatic heterocycles. The van der Waals surface area contributed by atoms with Gasteiger partial charge in [-0.05, 0) is 50.1 Å². The molecular formula is C16H20N2O2. The first-order chi connectivity index (χ1) is 9.58. The highest BCUT2D eigenvalue weighted by Gasteiger charge is 2.10. The Kier molecular flexibility index (Phi) is 4.45. The molecule has 4 nitrogen and oxygen atoms in total. The Hall–Kier alpha value is -2.23. The monoisotopic (exact) mass is 272 g/mol. The molecule has 1 heterocycles. The molecule has 0 bridgehead atoms. The third kappa shape index (κ3) is 3.41. The molecule has 1 aromatic carbocycles. The van der Waals surface area contributed by atoms with Crippen LogP contribution >= 0.6 is 0 Å². The van der Waals surface area contributed by atoms with Crippen LogP contribution in [-0.4, -0.2) is 11.9 Å². The topological polar surface area (TPSA) is 68.3 Å². The van der Waals surface area contributed by atoms with Crippen molar-refractivity contribution in [2.75, 3.05) is 5.32 Å². The lowest BCUT2D eigenvalue weighted by Gasteiger charge is -2.17. The predicted molar refractivity (Wildman–Crippen MR) is 79.8 cm³/mol. The van der Waals surface area contributed by atoms with E-state index in [9.17, 15) is 4.79 Å².